The van der Waals surface area contributed by atoms with E-state index in [-0.39, 0.29) is 29.9 Å². The molecule has 0 spiro atoms. The lowest BCUT2D eigenvalue weighted by Crippen LogP contribution is -2.62. The van der Waals surface area contributed by atoms with Crippen molar-refractivity contribution in [1.82, 2.24) is 20.1 Å². The van der Waals surface area contributed by atoms with Crippen LogP contribution in [0.1, 0.15) is 57.3 Å². The minimum atomic E-state index is -5.08. The first-order valence-electron chi connectivity index (χ1n) is 12.9. The Morgan fingerprint density at radius 3 is 2.21 bits per heavy atom. The first-order chi connectivity index (χ1) is 19.7. The second-order valence-corrected chi connectivity index (χ2v) is 10.00. The molecular weight excluding hydrogens is 563 g/mol. The molecule has 2 fully saturated rings. The van der Waals surface area contributed by atoms with Crippen LogP contribution in [0, 0.1) is 0 Å². The van der Waals surface area contributed by atoms with Crippen molar-refractivity contribution in [3.8, 4) is 0 Å². The molecule has 1 aromatic carbocycles. The van der Waals surface area contributed by atoms with Crippen LogP contribution in [0.3, 0.4) is 0 Å². The first kappa shape index (κ1) is 30.1. The van der Waals surface area contributed by atoms with Crippen molar-refractivity contribution in [3.05, 3.63) is 59.4 Å². The van der Waals surface area contributed by atoms with Gasteiger partial charge in [-0.15, -0.1) is 0 Å². The number of imide groups is 2. The molecule has 4 heterocycles. The highest BCUT2D eigenvalue weighted by Crippen LogP contribution is 2.34. The van der Waals surface area contributed by atoms with Gasteiger partial charge in [0.2, 0.25) is 5.91 Å². The summed E-state index contributed by atoms with van der Waals surface area (Å²) in [6.45, 7) is 4.04. The number of fused-ring (bicyclic) bond motifs is 1. The number of benzene rings is 1. The summed E-state index contributed by atoms with van der Waals surface area (Å²) in [6, 6.07) is 8.34. The van der Waals surface area contributed by atoms with Gasteiger partial charge >= 0.3 is 12.1 Å². The number of carbonyl (C=O) groups excluding carboxylic acids is 5. The fourth-order valence-electron chi connectivity index (χ4n) is 4.95. The van der Waals surface area contributed by atoms with Gasteiger partial charge in [0.05, 0.1) is 11.1 Å². The third-order valence-electron chi connectivity index (χ3n) is 7.26. The molecule has 0 saturated carbocycles. The fraction of sp³-hybridized carbons (Fsp3) is 0.370. The Kier molecular flexibility index (Phi) is 8.31. The van der Waals surface area contributed by atoms with Crippen molar-refractivity contribution in [2.45, 2.75) is 37.9 Å². The highest BCUT2D eigenvalue weighted by atomic mass is 19.4. The van der Waals surface area contributed by atoms with Gasteiger partial charge in [-0.25, -0.2) is 4.79 Å². The number of alkyl halides is 3. The maximum atomic E-state index is 13.3. The van der Waals surface area contributed by atoms with Gasteiger partial charge in [0.25, 0.3) is 23.6 Å². The standard InChI is InChI=1S/C25H25N5O5.C2HF3O2/c1-25(8-5-20(31)27-24(25)35)30-22(33)18-4-3-16(15-19(18)23(30)34)21(32)29-12-2-11-28(13-14-29)17-6-9-26-10-7-17;3-2(4,5)1(6)7/h3-4,6-7,9-10,15H,2,5,8,11-14H2,1H3,(H,27,31,35);(H,6,7). The normalized spacial score (nSPS) is 20.8. The molecule has 1 aromatic heterocycles. The smallest absolute Gasteiger partial charge is 0.475 e. The first-order valence-corrected chi connectivity index (χ1v) is 12.9. The van der Waals surface area contributed by atoms with E-state index in [2.05, 4.69) is 15.2 Å². The van der Waals surface area contributed by atoms with Crippen LogP contribution < -0.4 is 10.2 Å². The molecule has 12 nitrogen and oxygen atoms in total. The Morgan fingerprint density at radius 1 is 0.952 bits per heavy atom. The number of halogens is 3. The van der Waals surface area contributed by atoms with Crippen molar-refractivity contribution in [3.63, 3.8) is 0 Å². The number of nitrogens with zero attached hydrogens (tertiary/aromatic N) is 4. The van der Waals surface area contributed by atoms with Crippen molar-refractivity contribution in [1.29, 1.82) is 0 Å². The molecule has 2 saturated heterocycles. The van der Waals surface area contributed by atoms with Crippen LogP contribution in [0.15, 0.2) is 42.7 Å². The van der Waals surface area contributed by atoms with Crippen molar-refractivity contribution < 1.29 is 47.0 Å². The summed E-state index contributed by atoms with van der Waals surface area (Å²) >= 11 is 0. The van der Waals surface area contributed by atoms with Crippen molar-refractivity contribution in [2.24, 2.45) is 0 Å². The molecule has 1 unspecified atom stereocenters. The number of anilines is 1. The van der Waals surface area contributed by atoms with Crippen molar-refractivity contribution in [2.75, 3.05) is 31.1 Å². The molecule has 42 heavy (non-hydrogen) atoms. The largest absolute Gasteiger partial charge is 0.490 e. The van der Waals surface area contributed by atoms with Gasteiger partial charge in [0.15, 0.2) is 0 Å². The van der Waals surface area contributed by atoms with Gasteiger partial charge in [0, 0.05) is 56.2 Å². The van der Waals surface area contributed by atoms with Crippen LogP contribution >= 0.6 is 0 Å². The lowest BCUT2D eigenvalue weighted by molar-refractivity contribution is -0.192. The van der Waals surface area contributed by atoms with E-state index in [4.69, 9.17) is 9.90 Å². The van der Waals surface area contributed by atoms with Gasteiger partial charge in [0.1, 0.15) is 5.54 Å². The summed E-state index contributed by atoms with van der Waals surface area (Å²) in [7, 11) is 0. The molecule has 2 N–H and O–H groups in total. The van der Waals surface area contributed by atoms with E-state index in [0.29, 0.717) is 25.2 Å². The summed E-state index contributed by atoms with van der Waals surface area (Å²) in [5, 5.41) is 9.34. The number of hydrogen-bond donors (Lipinski definition) is 2. The number of amides is 5. The number of nitrogens with one attached hydrogen (secondary N) is 1. The SMILES string of the molecule is CC1(N2C(=O)c3ccc(C(=O)N4CCCN(c5ccncc5)CC4)cc3C2=O)CCC(=O)NC1=O.O=C(O)C(F)(F)F. The molecule has 0 radical (unpaired) electrons. The zero-order valence-corrected chi connectivity index (χ0v) is 22.3. The number of carbonyl (C=O) groups is 6. The minimum Gasteiger partial charge on any atom is -0.475 e. The number of aliphatic carboxylic acids is 1. The Hall–Kier alpha value is -4.82. The third-order valence-corrected chi connectivity index (χ3v) is 7.26. The maximum absolute atomic E-state index is 13.3. The number of hydrogen-bond acceptors (Lipinski definition) is 8. The second-order valence-electron chi connectivity index (χ2n) is 10.00. The highest BCUT2D eigenvalue weighted by molar-refractivity contribution is 6.24. The number of rotatable bonds is 3. The predicted molar refractivity (Wildman–Crippen MR) is 138 cm³/mol. The molecule has 222 valence electrons. The van der Waals surface area contributed by atoms with Gasteiger partial charge < -0.3 is 14.9 Å². The quantitative estimate of drug-likeness (QED) is 0.510. The molecular formula is C27H26F3N5O7. The Morgan fingerprint density at radius 2 is 1.60 bits per heavy atom. The maximum Gasteiger partial charge on any atom is 0.490 e. The van der Waals surface area contributed by atoms with Gasteiger partial charge in [-0.3, -0.25) is 39.2 Å². The molecule has 5 rings (SSSR count). The van der Waals surface area contributed by atoms with Gasteiger partial charge in [-0.1, -0.05) is 0 Å². The summed E-state index contributed by atoms with van der Waals surface area (Å²) in [5.74, 6) is -5.31. The van der Waals surface area contributed by atoms with Crippen LogP contribution in [0.2, 0.25) is 0 Å². The van der Waals surface area contributed by atoms with Crippen LogP contribution in [-0.2, 0) is 14.4 Å². The molecule has 15 heteroatoms. The number of carboxylic acids is 1. The average Bonchev–Trinajstić information content (AvgIpc) is 3.09. The Labute approximate surface area is 237 Å². The molecule has 3 aliphatic rings. The summed E-state index contributed by atoms with van der Waals surface area (Å²) in [4.78, 5) is 81.6. The zero-order valence-electron chi connectivity index (χ0n) is 22.3. The zero-order chi connectivity index (χ0) is 30.8. The topological polar surface area (TPSA) is 157 Å². The predicted octanol–water partition coefficient (Wildman–Crippen LogP) is 1.86. The van der Waals surface area contributed by atoms with E-state index < -0.39 is 41.3 Å². The van der Waals surface area contributed by atoms with Gasteiger partial charge in [-0.2, -0.15) is 13.2 Å². The van der Waals surface area contributed by atoms with Crippen LogP contribution in [0.4, 0.5) is 18.9 Å². The second kappa shape index (κ2) is 11.6. The molecule has 5 amide bonds. The van der Waals surface area contributed by atoms with E-state index in [9.17, 15) is 37.1 Å². The van der Waals surface area contributed by atoms with Gasteiger partial charge in [-0.05, 0) is 50.1 Å². The Balaban J connectivity index is 0.000000517. The van der Waals surface area contributed by atoms with Crippen molar-refractivity contribution >= 4 is 41.2 Å². The number of piperidine rings is 1. The Bertz CT molecular complexity index is 1450. The lowest BCUT2D eigenvalue weighted by Gasteiger charge is -2.38. The summed E-state index contributed by atoms with van der Waals surface area (Å²) in [6.07, 6.45) is -0.729. The average molecular weight is 590 g/mol. The number of pyridine rings is 1. The summed E-state index contributed by atoms with van der Waals surface area (Å²) < 4.78 is 31.7. The summed E-state index contributed by atoms with van der Waals surface area (Å²) in [5.41, 5.74) is 0.152. The van der Waals surface area contributed by atoms with Crippen LogP contribution in [-0.4, -0.2) is 93.3 Å². The lowest BCUT2D eigenvalue weighted by atomic mass is 9.89. The van der Waals surface area contributed by atoms with E-state index >= 15 is 0 Å². The molecule has 3 aliphatic heterocycles. The minimum absolute atomic E-state index is 0.0326. The highest BCUT2D eigenvalue weighted by Gasteiger charge is 2.52. The fourth-order valence-corrected chi connectivity index (χ4v) is 4.95. The van der Waals surface area contributed by atoms with E-state index in [1.807, 2.05) is 12.1 Å². The van der Waals surface area contributed by atoms with E-state index in [0.717, 1.165) is 23.6 Å². The molecule has 0 aliphatic carbocycles. The van der Waals surface area contributed by atoms with E-state index in [1.54, 1.807) is 23.4 Å². The van der Waals surface area contributed by atoms with Crippen LogP contribution in [0.5, 0.6) is 0 Å². The monoisotopic (exact) mass is 589 g/mol. The molecule has 0 bridgehead atoms. The number of aromatic nitrogens is 1. The third kappa shape index (κ3) is 5.94. The van der Waals surface area contributed by atoms with Crippen LogP contribution in [0.25, 0.3) is 0 Å². The molecule has 1 atom stereocenters. The molecule has 2 aromatic rings. The van der Waals surface area contributed by atoms with E-state index in [1.165, 1.54) is 19.1 Å². The number of carboxylic acid groups (broad SMARTS) is 1.